The molecule has 0 aromatic carbocycles. The van der Waals surface area contributed by atoms with Gasteiger partial charge in [-0.05, 0) is 50.2 Å². The highest BCUT2D eigenvalue weighted by molar-refractivity contribution is 5.04. The maximum Gasteiger partial charge on any atom is -0.00433 e. The zero-order valence-corrected chi connectivity index (χ0v) is 6.40. The normalized spacial score (nSPS) is 36.3. The molecule has 2 aliphatic rings. The van der Waals surface area contributed by atoms with Crippen LogP contribution < -0.4 is 11.1 Å². The van der Waals surface area contributed by atoms with Crippen molar-refractivity contribution in [3.05, 3.63) is 0 Å². The predicted octanol–water partition coefficient (Wildman–Crippen LogP) is 0.335. The molecular formula is C8H16N2. The third-order valence-corrected chi connectivity index (χ3v) is 3.24. The summed E-state index contributed by atoms with van der Waals surface area (Å²) in [7, 11) is 0. The highest BCUT2D eigenvalue weighted by Crippen LogP contribution is 2.57. The van der Waals surface area contributed by atoms with Gasteiger partial charge in [-0.1, -0.05) is 0 Å². The van der Waals surface area contributed by atoms with Crippen LogP contribution in [-0.2, 0) is 0 Å². The van der Waals surface area contributed by atoms with Gasteiger partial charge in [-0.25, -0.2) is 0 Å². The SMILES string of the molecule is NC[C@@H]1CC12CCNCC2. The van der Waals surface area contributed by atoms with Gasteiger partial charge >= 0.3 is 0 Å². The van der Waals surface area contributed by atoms with Crippen molar-refractivity contribution < 1.29 is 0 Å². The Morgan fingerprint density at radius 1 is 1.40 bits per heavy atom. The fourth-order valence-corrected chi connectivity index (χ4v) is 2.30. The Morgan fingerprint density at radius 3 is 2.60 bits per heavy atom. The van der Waals surface area contributed by atoms with E-state index in [1.165, 1.54) is 32.4 Å². The van der Waals surface area contributed by atoms with Crippen LogP contribution in [0.2, 0.25) is 0 Å². The lowest BCUT2D eigenvalue weighted by Crippen LogP contribution is -2.30. The number of nitrogens with two attached hydrogens (primary N) is 1. The van der Waals surface area contributed by atoms with Crippen molar-refractivity contribution in [1.29, 1.82) is 0 Å². The summed E-state index contributed by atoms with van der Waals surface area (Å²) in [4.78, 5) is 0. The van der Waals surface area contributed by atoms with Crippen molar-refractivity contribution in [2.24, 2.45) is 17.1 Å². The van der Waals surface area contributed by atoms with Gasteiger partial charge in [-0.2, -0.15) is 0 Å². The third-order valence-electron chi connectivity index (χ3n) is 3.24. The van der Waals surface area contributed by atoms with E-state index in [2.05, 4.69) is 5.32 Å². The van der Waals surface area contributed by atoms with E-state index in [1.54, 1.807) is 0 Å². The Hall–Kier alpha value is -0.0800. The minimum absolute atomic E-state index is 0.708. The van der Waals surface area contributed by atoms with Crippen LogP contribution in [0.25, 0.3) is 0 Å². The number of hydrogen-bond acceptors (Lipinski definition) is 2. The average molecular weight is 140 g/mol. The maximum absolute atomic E-state index is 5.62. The van der Waals surface area contributed by atoms with Crippen LogP contribution in [0, 0.1) is 11.3 Å². The molecule has 0 bridgehead atoms. The second-order valence-corrected chi connectivity index (χ2v) is 3.75. The van der Waals surface area contributed by atoms with Crippen molar-refractivity contribution in [2.45, 2.75) is 19.3 Å². The summed E-state index contributed by atoms with van der Waals surface area (Å²) in [5.74, 6) is 0.870. The van der Waals surface area contributed by atoms with Gasteiger partial charge < -0.3 is 11.1 Å². The molecule has 10 heavy (non-hydrogen) atoms. The quantitative estimate of drug-likeness (QED) is 0.551. The van der Waals surface area contributed by atoms with E-state index < -0.39 is 0 Å². The fraction of sp³-hybridized carbons (Fsp3) is 1.00. The van der Waals surface area contributed by atoms with Crippen molar-refractivity contribution >= 4 is 0 Å². The number of hydrogen-bond donors (Lipinski definition) is 2. The summed E-state index contributed by atoms with van der Waals surface area (Å²) in [5, 5.41) is 3.38. The molecule has 1 saturated carbocycles. The minimum Gasteiger partial charge on any atom is -0.330 e. The summed E-state index contributed by atoms with van der Waals surface area (Å²) >= 11 is 0. The van der Waals surface area contributed by atoms with Gasteiger partial charge in [0.25, 0.3) is 0 Å². The van der Waals surface area contributed by atoms with Crippen LogP contribution in [0.3, 0.4) is 0 Å². The second-order valence-electron chi connectivity index (χ2n) is 3.75. The molecule has 0 amide bonds. The Labute approximate surface area is 62.2 Å². The van der Waals surface area contributed by atoms with E-state index in [1.807, 2.05) is 0 Å². The largest absolute Gasteiger partial charge is 0.330 e. The lowest BCUT2D eigenvalue weighted by molar-refractivity contribution is 0.325. The van der Waals surface area contributed by atoms with E-state index in [9.17, 15) is 0 Å². The fourth-order valence-electron chi connectivity index (χ4n) is 2.30. The zero-order chi connectivity index (χ0) is 7.03. The molecule has 1 saturated heterocycles. The van der Waals surface area contributed by atoms with Gasteiger partial charge in [0.15, 0.2) is 0 Å². The van der Waals surface area contributed by atoms with Gasteiger partial charge in [0.2, 0.25) is 0 Å². The van der Waals surface area contributed by atoms with Crippen LogP contribution in [-0.4, -0.2) is 19.6 Å². The van der Waals surface area contributed by atoms with Crippen molar-refractivity contribution in [3.63, 3.8) is 0 Å². The number of rotatable bonds is 1. The standard InChI is InChI=1S/C8H16N2/c9-6-7-5-8(7)1-3-10-4-2-8/h7,10H,1-6,9H2/t7-/m0/s1. The van der Waals surface area contributed by atoms with E-state index in [4.69, 9.17) is 5.73 Å². The highest BCUT2D eigenvalue weighted by Gasteiger charge is 2.52. The van der Waals surface area contributed by atoms with Crippen LogP contribution >= 0.6 is 0 Å². The molecule has 2 heteroatoms. The highest BCUT2D eigenvalue weighted by atomic mass is 14.9. The first-order valence-electron chi connectivity index (χ1n) is 4.28. The molecule has 1 heterocycles. The van der Waals surface area contributed by atoms with E-state index in [-0.39, 0.29) is 0 Å². The molecule has 0 radical (unpaired) electrons. The Morgan fingerprint density at radius 2 is 2.10 bits per heavy atom. The molecule has 0 aromatic heterocycles. The third kappa shape index (κ3) is 0.867. The zero-order valence-electron chi connectivity index (χ0n) is 6.40. The average Bonchev–Trinajstić information content (AvgIpc) is 2.65. The number of nitrogens with one attached hydrogen (secondary N) is 1. The molecule has 2 rings (SSSR count). The maximum atomic E-state index is 5.62. The van der Waals surface area contributed by atoms with E-state index >= 15 is 0 Å². The van der Waals surface area contributed by atoms with Gasteiger partial charge in [-0.15, -0.1) is 0 Å². The second kappa shape index (κ2) is 2.21. The molecular weight excluding hydrogens is 124 g/mol. The summed E-state index contributed by atoms with van der Waals surface area (Å²) in [6.45, 7) is 3.35. The van der Waals surface area contributed by atoms with Crippen molar-refractivity contribution in [3.8, 4) is 0 Å². The smallest absolute Gasteiger partial charge is 0.00433 e. The van der Waals surface area contributed by atoms with Gasteiger partial charge in [0.05, 0.1) is 0 Å². The molecule has 1 aliphatic heterocycles. The molecule has 58 valence electrons. The molecule has 3 N–H and O–H groups in total. The first-order chi connectivity index (χ1) is 4.87. The Kier molecular flexibility index (Phi) is 1.46. The molecule has 0 unspecified atom stereocenters. The van der Waals surface area contributed by atoms with Crippen LogP contribution in [0.5, 0.6) is 0 Å². The van der Waals surface area contributed by atoms with Gasteiger partial charge in [0.1, 0.15) is 0 Å². The Balaban J connectivity index is 1.92. The van der Waals surface area contributed by atoms with Gasteiger partial charge in [0, 0.05) is 0 Å². The van der Waals surface area contributed by atoms with Crippen LogP contribution in [0.4, 0.5) is 0 Å². The van der Waals surface area contributed by atoms with Gasteiger partial charge in [-0.3, -0.25) is 0 Å². The molecule has 1 spiro atoms. The Bertz CT molecular complexity index is 127. The van der Waals surface area contributed by atoms with Crippen molar-refractivity contribution in [2.75, 3.05) is 19.6 Å². The predicted molar refractivity (Wildman–Crippen MR) is 41.7 cm³/mol. The lowest BCUT2D eigenvalue weighted by atomic mass is 9.92. The summed E-state index contributed by atoms with van der Waals surface area (Å²) < 4.78 is 0. The summed E-state index contributed by atoms with van der Waals surface area (Å²) in [5.41, 5.74) is 6.33. The van der Waals surface area contributed by atoms with Crippen LogP contribution in [0.15, 0.2) is 0 Å². The molecule has 0 aromatic rings. The molecule has 1 aliphatic carbocycles. The minimum atomic E-state index is 0.708. The van der Waals surface area contributed by atoms with Crippen LogP contribution in [0.1, 0.15) is 19.3 Å². The monoisotopic (exact) mass is 140 g/mol. The molecule has 1 atom stereocenters. The molecule has 2 nitrogen and oxygen atoms in total. The summed E-state index contributed by atoms with van der Waals surface area (Å²) in [6.07, 6.45) is 4.15. The first-order valence-corrected chi connectivity index (χ1v) is 4.28. The summed E-state index contributed by atoms with van der Waals surface area (Å²) in [6, 6.07) is 0. The van der Waals surface area contributed by atoms with E-state index in [0.29, 0.717) is 5.41 Å². The number of piperidine rings is 1. The van der Waals surface area contributed by atoms with E-state index in [0.717, 1.165) is 12.5 Å². The lowest BCUT2D eigenvalue weighted by Gasteiger charge is -2.23. The first kappa shape index (κ1) is 6.62. The van der Waals surface area contributed by atoms with Crippen molar-refractivity contribution in [1.82, 2.24) is 5.32 Å². The topological polar surface area (TPSA) is 38.0 Å². The molecule has 2 fully saturated rings.